The summed E-state index contributed by atoms with van der Waals surface area (Å²) in [5, 5.41) is 9.63. The summed E-state index contributed by atoms with van der Waals surface area (Å²) in [7, 11) is 0. The third kappa shape index (κ3) is 4.00. The Hall–Kier alpha value is -1.00. The highest BCUT2D eigenvalue weighted by atomic mass is 32.2. The molecule has 1 aliphatic heterocycles. The van der Waals surface area contributed by atoms with Crippen LogP contribution in [-0.2, 0) is 4.79 Å². The summed E-state index contributed by atoms with van der Waals surface area (Å²) in [4.78, 5) is 15.5. The summed E-state index contributed by atoms with van der Waals surface area (Å²) in [6.07, 6.45) is 1.67. The Morgan fingerprint density at radius 3 is 2.70 bits per heavy atom. The van der Waals surface area contributed by atoms with E-state index in [2.05, 4.69) is 0 Å². The van der Waals surface area contributed by atoms with Crippen LogP contribution in [0.4, 0.5) is 0 Å². The molecule has 0 bridgehead atoms. The van der Waals surface area contributed by atoms with E-state index >= 15 is 0 Å². The molecule has 1 amide bonds. The Kier molecular flexibility index (Phi) is 5.49. The maximum atomic E-state index is 12.5. The molecule has 1 aromatic rings. The molecule has 0 aromatic heterocycles. The van der Waals surface area contributed by atoms with Gasteiger partial charge in [-0.2, -0.15) is 0 Å². The zero-order valence-corrected chi connectivity index (χ0v) is 13.0. The first-order valence-corrected chi connectivity index (χ1v) is 8.14. The van der Waals surface area contributed by atoms with Crippen LogP contribution < -0.4 is 0 Å². The van der Waals surface area contributed by atoms with Crippen LogP contribution in [0.15, 0.2) is 35.2 Å². The minimum Gasteiger partial charge on any atom is -0.393 e. The lowest BCUT2D eigenvalue weighted by Gasteiger charge is -2.35. The maximum Gasteiger partial charge on any atom is 0.235 e. The van der Waals surface area contributed by atoms with Crippen LogP contribution in [0.5, 0.6) is 0 Å². The summed E-state index contributed by atoms with van der Waals surface area (Å²) >= 11 is 1.60. The molecule has 1 fully saturated rings. The zero-order chi connectivity index (χ0) is 14.5. The lowest BCUT2D eigenvalue weighted by molar-refractivity contribution is -0.132. The van der Waals surface area contributed by atoms with Gasteiger partial charge in [-0.25, -0.2) is 0 Å². The molecule has 1 aromatic carbocycles. The van der Waals surface area contributed by atoms with E-state index < -0.39 is 0 Å². The Morgan fingerprint density at radius 1 is 1.35 bits per heavy atom. The van der Waals surface area contributed by atoms with Gasteiger partial charge in [0.25, 0.3) is 0 Å². The van der Waals surface area contributed by atoms with Crippen molar-refractivity contribution in [3.63, 3.8) is 0 Å². The van der Waals surface area contributed by atoms with Crippen LogP contribution in [0.25, 0.3) is 0 Å². The van der Waals surface area contributed by atoms with Gasteiger partial charge in [0.2, 0.25) is 5.91 Å². The van der Waals surface area contributed by atoms with Crippen molar-refractivity contribution in [2.24, 2.45) is 5.92 Å². The summed E-state index contributed by atoms with van der Waals surface area (Å²) in [6.45, 7) is 5.30. The third-order valence-electron chi connectivity index (χ3n) is 3.86. The van der Waals surface area contributed by atoms with E-state index in [0.29, 0.717) is 6.54 Å². The molecule has 3 nitrogen and oxygen atoms in total. The number of carbonyl (C=O) groups is 1. The van der Waals surface area contributed by atoms with E-state index in [9.17, 15) is 9.90 Å². The van der Waals surface area contributed by atoms with Crippen molar-refractivity contribution in [3.05, 3.63) is 30.3 Å². The number of hydrogen-bond donors (Lipinski definition) is 1. The smallest absolute Gasteiger partial charge is 0.235 e. The third-order valence-corrected chi connectivity index (χ3v) is 4.96. The predicted molar refractivity (Wildman–Crippen MR) is 82.7 cm³/mol. The molecule has 1 aliphatic rings. The molecule has 1 N–H and O–H groups in total. The second-order valence-corrected chi connectivity index (χ2v) is 6.91. The molecule has 110 valence electrons. The number of rotatable bonds is 4. The van der Waals surface area contributed by atoms with Crippen LogP contribution in [0, 0.1) is 5.92 Å². The van der Waals surface area contributed by atoms with Crippen molar-refractivity contribution in [2.45, 2.75) is 42.9 Å². The average molecular weight is 293 g/mol. The summed E-state index contributed by atoms with van der Waals surface area (Å²) in [6, 6.07) is 10.0. The minimum atomic E-state index is -0.331. The van der Waals surface area contributed by atoms with E-state index in [1.807, 2.05) is 49.1 Å². The fraction of sp³-hybridized carbons (Fsp3) is 0.562. The number of aliphatic hydroxyl groups excluding tert-OH is 1. The first-order chi connectivity index (χ1) is 9.58. The number of amides is 1. The van der Waals surface area contributed by atoms with E-state index in [-0.39, 0.29) is 23.2 Å². The van der Waals surface area contributed by atoms with E-state index in [0.717, 1.165) is 24.3 Å². The van der Waals surface area contributed by atoms with Crippen LogP contribution in [0.3, 0.4) is 0 Å². The molecule has 3 atom stereocenters. The standard InChI is InChI=1S/C16H23NO2S/c1-12(18)14-7-6-10-17(11-14)16(19)13(2)20-15-8-4-3-5-9-15/h3-5,8-9,12-14,18H,6-7,10-11H2,1-2H3. The number of nitrogens with zero attached hydrogens (tertiary/aromatic N) is 1. The van der Waals surface area contributed by atoms with Crippen molar-refractivity contribution in [3.8, 4) is 0 Å². The molecule has 20 heavy (non-hydrogen) atoms. The molecule has 0 radical (unpaired) electrons. The van der Waals surface area contributed by atoms with Crippen molar-refractivity contribution < 1.29 is 9.90 Å². The van der Waals surface area contributed by atoms with Gasteiger partial charge in [0.1, 0.15) is 0 Å². The van der Waals surface area contributed by atoms with Crippen LogP contribution in [-0.4, -0.2) is 40.4 Å². The van der Waals surface area contributed by atoms with Crippen molar-refractivity contribution in [1.82, 2.24) is 4.90 Å². The number of thioether (sulfide) groups is 1. The molecule has 0 spiro atoms. The van der Waals surface area contributed by atoms with E-state index in [1.165, 1.54) is 0 Å². The van der Waals surface area contributed by atoms with Gasteiger partial charge in [-0.05, 0) is 38.8 Å². The van der Waals surface area contributed by atoms with Gasteiger partial charge >= 0.3 is 0 Å². The largest absolute Gasteiger partial charge is 0.393 e. The summed E-state index contributed by atoms with van der Waals surface area (Å²) in [5.74, 6) is 0.408. The fourth-order valence-electron chi connectivity index (χ4n) is 2.61. The van der Waals surface area contributed by atoms with Gasteiger partial charge in [0.05, 0.1) is 11.4 Å². The Balaban J connectivity index is 1.93. The lowest BCUT2D eigenvalue weighted by atomic mass is 9.93. The Labute approximate surface area is 125 Å². The zero-order valence-electron chi connectivity index (χ0n) is 12.2. The second kappa shape index (κ2) is 7.14. The Bertz CT molecular complexity index is 435. The summed E-state index contributed by atoms with van der Waals surface area (Å²) < 4.78 is 0. The van der Waals surface area contributed by atoms with Gasteiger partial charge in [0, 0.05) is 23.9 Å². The normalized spacial score (nSPS) is 22.4. The van der Waals surface area contributed by atoms with E-state index in [1.54, 1.807) is 11.8 Å². The molecule has 0 aliphatic carbocycles. The number of benzene rings is 1. The number of likely N-dealkylation sites (tertiary alicyclic amines) is 1. The van der Waals surface area contributed by atoms with Crippen LogP contribution in [0.2, 0.25) is 0 Å². The van der Waals surface area contributed by atoms with Gasteiger partial charge in [-0.15, -0.1) is 11.8 Å². The van der Waals surface area contributed by atoms with Gasteiger partial charge in [-0.1, -0.05) is 18.2 Å². The van der Waals surface area contributed by atoms with E-state index in [4.69, 9.17) is 0 Å². The number of carbonyl (C=O) groups excluding carboxylic acids is 1. The molecule has 1 saturated heterocycles. The van der Waals surface area contributed by atoms with Crippen LogP contribution >= 0.6 is 11.8 Å². The lowest BCUT2D eigenvalue weighted by Crippen LogP contribution is -2.45. The highest BCUT2D eigenvalue weighted by molar-refractivity contribution is 8.00. The fourth-order valence-corrected chi connectivity index (χ4v) is 3.59. The number of aliphatic hydroxyl groups is 1. The molecule has 2 rings (SSSR count). The van der Waals surface area contributed by atoms with Gasteiger partial charge < -0.3 is 10.0 Å². The first-order valence-electron chi connectivity index (χ1n) is 7.26. The molecule has 0 saturated carbocycles. The minimum absolute atomic E-state index is 0.0786. The van der Waals surface area contributed by atoms with Crippen molar-refractivity contribution >= 4 is 17.7 Å². The summed E-state index contributed by atoms with van der Waals surface area (Å²) in [5.41, 5.74) is 0. The number of piperidine rings is 1. The van der Waals surface area contributed by atoms with Crippen molar-refractivity contribution in [2.75, 3.05) is 13.1 Å². The topological polar surface area (TPSA) is 40.5 Å². The monoisotopic (exact) mass is 293 g/mol. The maximum absolute atomic E-state index is 12.5. The molecular weight excluding hydrogens is 270 g/mol. The second-order valence-electron chi connectivity index (χ2n) is 5.50. The Morgan fingerprint density at radius 2 is 2.05 bits per heavy atom. The number of hydrogen-bond acceptors (Lipinski definition) is 3. The van der Waals surface area contributed by atoms with Crippen LogP contribution in [0.1, 0.15) is 26.7 Å². The molecular formula is C16H23NO2S. The SMILES string of the molecule is CC(Sc1ccccc1)C(=O)N1CCCC(C(C)O)C1. The van der Waals surface area contributed by atoms with Gasteiger partial charge in [-0.3, -0.25) is 4.79 Å². The molecule has 4 heteroatoms. The highest BCUT2D eigenvalue weighted by Crippen LogP contribution is 2.26. The molecule has 1 heterocycles. The quantitative estimate of drug-likeness (QED) is 0.868. The average Bonchev–Trinajstić information content (AvgIpc) is 2.47. The molecule has 3 unspecified atom stereocenters. The van der Waals surface area contributed by atoms with Crippen molar-refractivity contribution in [1.29, 1.82) is 0 Å². The highest BCUT2D eigenvalue weighted by Gasteiger charge is 2.29. The van der Waals surface area contributed by atoms with Gasteiger partial charge in [0.15, 0.2) is 0 Å². The first kappa shape index (κ1) is 15.4. The predicted octanol–water partition coefficient (Wildman–Crippen LogP) is 2.79.